The fourth-order valence-electron chi connectivity index (χ4n) is 2.02. The topological polar surface area (TPSA) is 42.2 Å². The maximum absolute atomic E-state index is 11.9. The van der Waals surface area contributed by atoms with Crippen LogP contribution in [-0.4, -0.2) is 11.9 Å². The Hall–Kier alpha value is -1.25. The molecule has 0 spiro atoms. The van der Waals surface area contributed by atoms with Gasteiger partial charge in [-0.05, 0) is 25.8 Å². The minimum absolute atomic E-state index is 0.0364. The normalized spacial score (nSPS) is 12.8. The van der Waals surface area contributed by atoms with E-state index in [1.54, 1.807) is 19.3 Å². The Morgan fingerprint density at radius 3 is 2.50 bits per heavy atom. The third kappa shape index (κ3) is 2.87. The van der Waals surface area contributed by atoms with Crippen LogP contribution < -0.4 is 5.32 Å². The highest BCUT2D eigenvalue weighted by Gasteiger charge is 2.18. The van der Waals surface area contributed by atoms with E-state index in [2.05, 4.69) is 26.1 Å². The molecule has 1 aromatic rings. The molecule has 1 amide bonds. The number of amides is 1. The average Bonchev–Trinajstić information content (AvgIpc) is 2.66. The minimum atomic E-state index is -0.0364. The van der Waals surface area contributed by atoms with Gasteiger partial charge in [-0.2, -0.15) is 0 Å². The number of carbonyl (C=O) groups is 1. The van der Waals surface area contributed by atoms with Crippen molar-refractivity contribution >= 4 is 5.91 Å². The Labute approximate surface area is 97.2 Å². The van der Waals surface area contributed by atoms with Crippen LogP contribution in [-0.2, 0) is 0 Å². The van der Waals surface area contributed by atoms with Crippen LogP contribution in [0.1, 0.15) is 49.7 Å². The average molecular weight is 223 g/mol. The quantitative estimate of drug-likeness (QED) is 0.833. The molecule has 1 atom stereocenters. The third-order valence-electron chi connectivity index (χ3n) is 3.22. The molecular weight excluding hydrogens is 202 g/mol. The molecule has 0 unspecified atom stereocenters. The first-order chi connectivity index (χ1) is 7.60. The van der Waals surface area contributed by atoms with E-state index in [4.69, 9.17) is 4.42 Å². The summed E-state index contributed by atoms with van der Waals surface area (Å²) in [6.45, 7) is 8.17. The zero-order valence-corrected chi connectivity index (χ0v) is 10.5. The van der Waals surface area contributed by atoms with E-state index in [-0.39, 0.29) is 11.9 Å². The maximum Gasteiger partial charge on any atom is 0.255 e. The molecule has 0 saturated carbocycles. The number of nitrogens with one attached hydrogen (secondary N) is 1. The van der Waals surface area contributed by atoms with Crippen LogP contribution in [0.25, 0.3) is 0 Å². The van der Waals surface area contributed by atoms with E-state index in [1.165, 1.54) is 0 Å². The van der Waals surface area contributed by atoms with Crippen LogP contribution in [0.2, 0.25) is 0 Å². The second kappa shape index (κ2) is 5.73. The highest BCUT2D eigenvalue weighted by molar-refractivity contribution is 5.95. The van der Waals surface area contributed by atoms with Crippen LogP contribution in [0.3, 0.4) is 0 Å². The lowest BCUT2D eigenvalue weighted by Gasteiger charge is -2.22. The molecule has 0 radical (unpaired) electrons. The van der Waals surface area contributed by atoms with Gasteiger partial charge in [0.15, 0.2) is 0 Å². The predicted octanol–water partition coefficient (Wildman–Crippen LogP) is 3.14. The monoisotopic (exact) mass is 223 g/mol. The van der Waals surface area contributed by atoms with E-state index in [0.717, 1.165) is 12.8 Å². The van der Waals surface area contributed by atoms with E-state index in [0.29, 0.717) is 17.2 Å². The van der Waals surface area contributed by atoms with Crippen molar-refractivity contribution < 1.29 is 9.21 Å². The van der Waals surface area contributed by atoms with Crippen molar-refractivity contribution in [3.05, 3.63) is 23.7 Å². The molecule has 0 aliphatic heterocycles. The van der Waals surface area contributed by atoms with Gasteiger partial charge in [-0.15, -0.1) is 0 Å². The van der Waals surface area contributed by atoms with Gasteiger partial charge in [0.05, 0.1) is 11.8 Å². The molecule has 3 heteroatoms. The Kier molecular flexibility index (Phi) is 4.59. The first-order valence-electron chi connectivity index (χ1n) is 5.95. The second-order valence-corrected chi connectivity index (χ2v) is 4.23. The fraction of sp³-hybridized carbons (Fsp3) is 0.615. The van der Waals surface area contributed by atoms with Gasteiger partial charge < -0.3 is 9.73 Å². The van der Waals surface area contributed by atoms with Crippen LogP contribution in [0.15, 0.2) is 16.7 Å². The van der Waals surface area contributed by atoms with Gasteiger partial charge in [0, 0.05) is 6.04 Å². The number of rotatable bonds is 5. The largest absolute Gasteiger partial charge is 0.469 e. The molecule has 3 nitrogen and oxygen atoms in total. The molecule has 0 aliphatic carbocycles. The summed E-state index contributed by atoms with van der Waals surface area (Å²) >= 11 is 0. The number of aryl methyl sites for hydroxylation is 1. The molecule has 0 fully saturated rings. The Bertz CT molecular complexity index is 339. The molecule has 1 heterocycles. The van der Waals surface area contributed by atoms with Crippen LogP contribution in [0, 0.1) is 12.8 Å². The fourth-order valence-corrected chi connectivity index (χ4v) is 2.02. The molecule has 16 heavy (non-hydrogen) atoms. The van der Waals surface area contributed by atoms with Crippen molar-refractivity contribution in [1.82, 2.24) is 5.32 Å². The SMILES string of the molecule is CCC(CC)[C@H](C)NC(=O)c1ccoc1C. The summed E-state index contributed by atoms with van der Waals surface area (Å²) < 4.78 is 5.12. The van der Waals surface area contributed by atoms with Crippen molar-refractivity contribution in [3.63, 3.8) is 0 Å². The van der Waals surface area contributed by atoms with Crippen molar-refractivity contribution in [2.75, 3.05) is 0 Å². The molecule has 0 aromatic carbocycles. The van der Waals surface area contributed by atoms with Crippen molar-refractivity contribution in [2.24, 2.45) is 5.92 Å². The lowest BCUT2D eigenvalue weighted by molar-refractivity contribution is 0.0923. The first-order valence-corrected chi connectivity index (χ1v) is 5.95. The van der Waals surface area contributed by atoms with Crippen LogP contribution in [0.5, 0.6) is 0 Å². The summed E-state index contributed by atoms with van der Waals surface area (Å²) in [6, 6.07) is 1.92. The summed E-state index contributed by atoms with van der Waals surface area (Å²) in [5.41, 5.74) is 0.637. The number of furan rings is 1. The summed E-state index contributed by atoms with van der Waals surface area (Å²) in [4.78, 5) is 11.9. The van der Waals surface area contributed by atoms with Gasteiger partial charge in [0.1, 0.15) is 5.76 Å². The summed E-state index contributed by atoms with van der Waals surface area (Å²) in [6.07, 6.45) is 3.72. The zero-order valence-electron chi connectivity index (χ0n) is 10.5. The first kappa shape index (κ1) is 12.8. The van der Waals surface area contributed by atoms with Gasteiger partial charge in [-0.1, -0.05) is 26.7 Å². The predicted molar refractivity (Wildman–Crippen MR) is 64.4 cm³/mol. The van der Waals surface area contributed by atoms with Crippen molar-refractivity contribution in [3.8, 4) is 0 Å². The second-order valence-electron chi connectivity index (χ2n) is 4.23. The minimum Gasteiger partial charge on any atom is -0.469 e. The summed E-state index contributed by atoms with van der Waals surface area (Å²) in [5, 5.41) is 3.03. The molecule has 90 valence electrons. The van der Waals surface area contributed by atoms with E-state index >= 15 is 0 Å². The smallest absolute Gasteiger partial charge is 0.255 e. The van der Waals surface area contributed by atoms with Gasteiger partial charge >= 0.3 is 0 Å². The van der Waals surface area contributed by atoms with Gasteiger partial charge in [-0.3, -0.25) is 4.79 Å². The van der Waals surface area contributed by atoms with Gasteiger partial charge in [0.2, 0.25) is 0 Å². The molecular formula is C13H21NO2. The van der Waals surface area contributed by atoms with Crippen molar-refractivity contribution in [1.29, 1.82) is 0 Å². The Morgan fingerprint density at radius 1 is 1.44 bits per heavy atom. The third-order valence-corrected chi connectivity index (χ3v) is 3.22. The van der Waals surface area contributed by atoms with E-state index in [9.17, 15) is 4.79 Å². The van der Waals surface area contributed by atoms with Gasteiger partial charge in [-0.25, -0.2) is 0 Å². The number of hydrogen-bond acceptors (Lipinski definition) is 2. The number of hydrogen-bond donors (Lipinski definition) is 1. The number of carbonyl (C=O) groups excluding carboxylic acids is 1. The molecule has 0 saturated heterocycles. The van der Waals surface area contributed by atoms with Crippen molar-refractivity contribution in [2.45, 2.75) is 46.6 Å². The lowest BCUT2D eigenvalue weighted by atomic mass is 9.95. The summed E-state index contributed by atoms with van der Waals surface area (Å²) in [5.74, 6) is 1.18. The van der Waals surface area contributed by atoms with Crippen LogP contribution in [0.4, 0.5) is 0 Å². The van der Waals surface area contributed by atoms with Gasteiger partial charge in [0.25, 0.3) is 5.91 Å². The Balaban J connectivity index is 2.61. The molecule has 1 N–H and O–H groups in total. The highest BCUT2D eigenvalue weighted by Crippen LogP contribution is 2.14. The van der Waals surface area contributed by atoms with E-state index in [1.807, 2.05) is 0 Å². The molecule has 0 bridgehead atoms. The van der Waals surface area contributed by atoms with Crippen LogP contribution >= 0.6 is 0 Å². The summed E-state index contributed by atoms with van der Waals surface area (Å²) in [7, 11) is 0. The highest BCUT2D eigenvalue weighted by atomic mass is 16.3. The molecule has 1 aromatic heterocycles. The lowest BCUT2D eigenvalue weighted by Crippen LogP contribution is -2.37. The molecule has 0 aliphatic rings. The molecule has 1 rings (SSSR count). The maximum atomic E-state index is 11.9. The Morgan fingerprint density at radius 2 is 2.06 bits per heavy atom. The van der Waals surface area contributed by atoms with E-state index < -0.39 is 0 Å². The standard InChI is InChI=1S/C13H21NO2/c1-5-11(6-2)9(3)14-13(15)12-7-8-16-10(12)4/h7-9,11H,5-6H2,1-4H3,(H,14,15)/t9-/m0/s1. The zero-order chi connectivity index (χ0) is 12.1.